The van der Waals surface area contributed by atoms with E-state index in [1.165, 1.54) is 0 Å². The molecule has 1 aromatic carbocycles. The van der Waals surface area contributed by atoms with Gasteiger partial charge in [0, 0.05) is 62.1 Å². The summed E-state index contributed by atoms with van der Waals surface area (Å²) < 4.78 is 46.8. The van der Waals surface area contributed by atoms with E-state index < -0.39 is 29.6 Å². The van der Waals surface area contributed by atoms with E-state index in [0.717, 1.165) is 11.8 Å². The molecule has 1 aromatic heterocycles. The zero-order chi connectivity index (χ0) is 28.8. The van der Waals surface area contributed by atoms with E-state index in [4.69, 9.17) is 4.74 Å². The van der Waals surface area contributed by atoms with Crippen LogP contribution in [0.25, 0.3) is 10.9 Å². The molecule has 0 N–H and O–H groups in total. The van der Waals surface area contributed by atoms with Gasteiger partial charge < -0.3 is 14.5 Å². The van der Waals surface area contributed by atoms with E-state index in [0.29, 0.717) is 73.7 Å². The van der Waals surface area contributed by atoms with Crippen LogP contribution in [0.5, 0.6) is 0 Å². The Hall–Kier alpha value is -2.73. The molecule has 0 radical (unpaired) electrons. The van der Waals surface area contributed by atoms with Crippen LogP contribution in [0.15, 0.2) is 24.3 Å². The summed E-state index contributed by atoms with van der Waals surface area (Å²) in [7, 11) is 0. The lowest BCUT2D eigenvalue weighted by Gasteiger charge is -2.39. The molecule has 0 unspecified atom stereocenters. The molecule has 3 aliphatic rings. The smallest absolute Gasteiger partial charge is 0.433 e. The number of aromatic nitrogens is 1. The molecule has 3 saturated heterocycles. The van der Waals surface area contributed by atoms with Crippen molar-refractivity contribution in [2.75, 3.05) is 55.8 Å². The molecule has 2 amide bonds. The predicted octanol–water partition coefficient (Wildman–Crippen LogP) is 4.59. The number of piperazine rings is 1. The van der Waals surface area contributed by atoms with Crippen molar-refractivity contribution in [3.8, 4) is 0 Å². The fourth-order valence-electron chi connectivity index (χ4n) is 5.74. The molecule has 2 aromatic rings. The second-order valence-corrected chi connectivity index (χ2v) is 12.8. The molecular weight excluding hydrogens is 543 g/mol. The highest BCUT2D eigenvalue weighted by Crippen LogP contribution is 2.36. The number of hydrogen-bond acceptors (Lipinski definition) is 7. The lowest BCUT2D eigenvalue weighted by molar-refractivity contribution is -0.141. The van der Waals surface area contributed by atoms with Gasteiger partial charge in [-0.05, 0) is 45.7 Å². The molecular formula is C28H36F3N5O3S. The average molecular weight is 580 g/mol. The molecule has 218 valence electrons. The number of para-hydroxylation sites is 1. The molecule has 3 fully saturated rings. The van der Waals surface area contributed by atoms with Crippen molar-refractivity contribution in [3.05, 3.63) is 35.5 Å². The minimum Gasteiger partial charge on any atom is -0.444 e. The molecule has 5 rings (SSSR count). The number of thioether (sulfide) groups is 1. The van der Waals surface area contributed by atoms with Crippen molar-refractivity contribution in [3.63, 3.8) is 0 Å². The first-order valence-corrected chi connectivity index (χ1v) is 14.8. The van der Waals surface area contributed by atoms with Crippen molar-refractivity contribution in [2.24, 2.45) is 0 Å². The van der Waals surface area contributed by atoms with Gasteiger partial charge in [0.05, 0.1) is 11.4 Å². The molecule has 12 heteroatoms. The summed E-state index contributed by atoms with van der Waals surface area (Å²) in [4.78, 5) is 38.1. The topological polar surface area (TPSA) is 69.2 Å². The van der Waals surface area contributed by atoms with Crippen LogP contribution >= 0.6 is 11.8 Å². The Kier molecular flexibility index (Phi) is 7.86. The Morgan fingerprint density at radius 1 is 1.07 bits per heavy atom. The molecule has 40 heavy (non-hydrogen) atoms. The summed E-state index contributed by atoms with van der Waals surface area (Å²) in [6, 6.07) is 5.96. The van der Waals surface area contributed by atoms with Crippen molar-refractivity contribution < 1.29 is 27.5 Å². The number of ether oxygens (including phenoxy) is 1. The largest absolute Gasteiger partial charge is 0.444 e. The maximum atomic E-state index is 13.7. The molecule has 0 spiro atoms. The number of carbonyl (C=O) groups excluding carboxylic acids is 2. The fraction of sp³-hybridized carbons (Fsp3) is 0.607. The van der Waals surface area contributed by atoms with Gasteiger partial charge in [0.2, 0.25) is 5.91 Å². The highest BCUT2D eigenvalue weighted by Gasteiger charge is 2.45. The maximum absolute atomic E-state index is 13.7. The number of halogens is 3. The number of rotatable bonds is 3. The molecule has 2 atom stereocenters. The second-order valence-electron chi connectivity index (χ2n) is 11.7. The summed E-state index contributed by atoms with van der Waals surface area (Å²) in [5.74, 6) is 1.46. The third kappa shape index (κ3) is 5.97. The average Bonchev–Trinajstić information content (AvgIpc) is 3.58. The number of nitrogens with zero attached hydrogens (tertiary/aromatic N) is 5. The monoisotopic (exact) mass is 579 g/mol. The third-order valence-corrected chi connectivity index (χ3v) is 8.70. The standard InChI is InChI=1S/C28H36F3N5O3S/c1-18-6-5-7-20-21(15-23(28(29,30)31)32-24(18)20)34-10-8-33(9-11-34)19-14-22(25(37)35-12-13-40-17-35)36(16-19)26(38)39-27(2,3)4/h5-7,15,19,22H,8-14,16-17H2,1-4H3/t19-,22-/m0/s1. The van der Waals surface area contributed by atoms with Gasteiger partial charge in [0.25, 0.3) is 0 Å². The van der Waals surface area contributed by atoms with Crippen molar-refractivity contribution in [1.82, 2.24) is 19.7 Å². The van der Waals surface area contributed by atoms with Crippen LogP contribution in [0.4, 0.5) is 23.7 Å². The highest BCUT2D eigenvalue weighted by molar-refractivity contribution is 7.99. The lowest BCUT2D eigenvalue weighted by Crippen LogP contribution is -2.51. The number of hydrogen-bond donors (Lipinski definition) is 0. The number of alkyl halides is 3. The number of carbonyl (C=O) groups is 2. The van der Waals surface area contributed by atoms with Gasteiger partial charge in [-0.25, -0.2) is 9.78 Å². The minimum absolute atomic E-state index is 0.0407. The van der Waals surface area contributed by atoms with E-state index in [2.05, 4.69) is 9.88 Å². The van der Waals surface area contributed by atoms with Gasteiger partial charge in [-0.1, -0.05) is 18.2 Å². The summed E-state index contributed by atoms with van der Waals surface area (Å²) in [6.45, 7) is 10.5. The number of fused-ring (bicyclic) bond motifs is 1. The Balaban J connectivity index is 1.33. The zero-order valence-corrected chi connectivity index (χ0v) is 24.1. The number of likely N-dealkylation sites (tertiary alicyclic amines) is 1. The van der Waals surface area contributed by atoms with E-state index in [1.54, 1.807) is 50.4 Å². The van der Waals surface area contributed by atoms with Gasteiger partial charge in [-0.15, -0.1) is 11.8 Å². The Bertz CT molecular complexity index is 1270. The first kappa shape index (κ1) is 28.8. The zero-order valence-electron chi connectivity index (χ0n) is 23.3. The summed E-state index contributed by atoms with van der Waals surface area (Å²) >= 11 is 1.70. The van der Waals surface area contributed by atoms with Gasteiger partial charge in [0.15, 0.2) is 0 Å². The number of benzene rings is 1. The van der Waals surface area contributed by atoms with Crippen LogP contribution in [0.1, 0.15) is 38.4 Å². The molecule has 3 aliphatic heterocycles. The third-order valence-electron chi connectivity index (χ3n) is 7.74. The van der Waals surface area contributed by atoms with Gasteiger partial charge in [-0.2, -0.15) is 13.2 Å². The second kappa shape index (κ2) is 10.9. The molecule has 0 bridgehead atoms. The lowest BCUT2D eigenvalue weighted by atomic mass is 10.1. The van der Waals surface area contributed by atoms with Crippen molar-refractivity contribution >= 4 is 40.4 Å². The summed E-state index contributed by atoms with van der Waals surface area (Å²) in [5.41, 5.74) is 0.0153. The van der Waals surface area contributed by atoms with E-state index in [1.807, 2.05) is 21.9 Å². The molecule has 4 heterocycles. The maximum Gasteiger partial charge on any atom is 0.433 e. The van der Waals surface area contributed by atoms with Crippen LogP contribution in [0.2, 0.25) is 0 Å². The Morgan fingerprint density at radius 3 is 2.42 bits per heavy atom. The van der Waals surface area contributed by atoms with E-state index in [-0.39, 0.29) is 11.9 Å². The Labute approximate surface area is 236 Å². The van der Waals surface area contributed by atoms with Crippen LogP contribution in [-0.2, 0) is 15.7 Å². The van der Waals surface area contributed by atoms with Crippen molar-refractivity contribution in [2.45, 2.75) is 58.0 Å². The normalized spacial score (nSPS) is 22.8. The van der Waals surface area contributed by atoms with E-state index in [9.17, 15) is 22.8 Å². The predicted molar refractivity (Wildman–Crippen MR) is 149 cm³/mol. The van der Waals surface area contributed by atoms with Gasteiger partial charge in [0.1, 0.15) is 17.3 Å². The Morgan fingerprint density at radius 2 is 1.80 bits per heavy atom. The fourth-order valence-corrected chi connectivity index (χ4v) is 6.70. The first-order chi connectivity index (χ1) is 18.8. The van der Waals surface area contributed by atoms with Crippen LogP contribution < -0.4 is 4.90 Å². The molecule has 0 aliphatic carbocycles. The van der Waals surface area contributed by atoms with Gasteiger partial charge in [-0.3, -0.25) is 14.6 Å². The quantitative estimate of drug-likeness (QED) is 0.527. The van der Waals surface area contributed by atoms with Crippen LogP contribution in [0, 0.1) is 6.92 Å². The SMILES string of the molecule is Cc1cccc2c(N3CCN([C@H]4C[C@@H](C(=O)N5CCSC5)N(C(=O)OC(C)(C)C)C4)CC3)cc(C(F)(F)F)nc12. The van der Waals surface area contributed by atoms with Crippen LogP contribution in [-0.4, -0.2) is 100 Å². The minimum atomic E-state index is -4.54. The number of pyridine rings is 1. The highest BCUT2D eigenvalue weighted by atomic mass is 32.2. The van der Waals surface area contributed by atoms with Gasteiger partial charge >= 0.3 is 12.3 Å². The number of amides is 2. The number of anilines is 1. The van der Waals surface area contributed by atoms with E-state index >= 15 is 0 Å². The number of aryl methyl sites for hydroxylation is 1. The first-order valence-electron chi connectivity index (χ1n) is 13.6. The summed E-state index contributed by atoms with van der Waals surface area (Å²) in [6.07, 6.45) is -4.52. The summed E-state index contributed by atoms with van der Waals surface area (Å²) in [5, 5.41) is 0.701. The molecule has 8 nitrogen and oxygen atoms in total. The van der Waals surface area contributed by atoms with Crippen LogP contribution in [0.3, 0.4) is 0 Å². The molecule has 0 saturated carbocycles. The van der Waals surface area contributed by atoms with Crippen molar-refractivity contribution in [1.29, 1.82) is 0 Å².